The molecule has 0 aliphatic heterocycles. The number of carbonyl (C=O) groups is 2. The highest BCUT2D eigenvalue weighted by Gasteiger charge is 2.14. The van der Waals surface area contributed by atoms with E-state index >= 15 is 0 Å². The zero-order valence-corrected chi connectivity index (χ0v) is 14.8. The third-order valence-electron chi connectivity index (χ3n) is 4.17. The molecule has 29 heavy (non-hydrogen) atoms. The number of pyridine rings is 3. The maximum Gasteiger partial charge on any atom is 0.335 e. The van der Waals surface area contributed by atoms with Gasteiger partial charge in [-0.1, -0.05) is 0 Å². The maximum atomic E-state index is 11.3. The number of aromatic carboxylic acids is 2. The standard InChI is InChI=1S/C21H13N3O5/c25-20(26)12-3-5-22-15(8-12)17-10-14(19-2-1-7-29-19)11-18(24-17)16-9-13(21(27)28)4-6-23-16/h1-11H,(H,25,26)(H,27,28). The average molecular weight is 387 g/mol. The van der Waals surface area contributed by atoms with E-state index in [1.54, 1.807) is 24.3 Å². The lowest BCUT2D eigenvalue weighted by atomic mass is 10.1. The summed E-state index contributed by atoms with van der Waals surface area (Å²) < 4.78 is 5.47. The van der Waals surface area contributed by atoms with Crippen molar-refractivity contribution in [1.29, 1.82) is 0 Å². The second kappa shape index (κ2) is 7.35. The van der Waals surface area contributed by atoms with Crippen molar-refractivity contribution < 1.29 is 24.2 Å². The lowest BCUT2D eigenvalue weighted by molar-refractivity contribution is 0.0686. The van der Waals surface area contributed by atoms with Crippen molar-refractivity contribution in [2.24, 2.45) is 0 Å². The van der Waals surface area contributed by atoms with Gasteiger partial charge in [0.2, 0.25) is 0 Å². The molecule has 0 radical (unpaired) electrons. The Morgan fingerprint density at radius 1 is 0.759 bits per heavy atom. The second-order valence-corrected chi connectivity index (χ2v) is 6.07. The van der Waals surface area contributed by atoms with E-state index in [2.05, 4.69) is 15.0 Å². The number of hydrogen-bond acceptors (Lipinski definition) is 6. The number of furan rings is 1. The van der Waals surface area contributed by atoms with Crippen LogP contribution in [0.5, 0.6) is 0 Å². The Kier molecular flexibility index (Phi) is 4.58. The molecule has 0 unspecified atom stereocenters. The maximum absolute atomic E-state index is 11.3. The van der Waals surface area contributed by atoms with Crippen LogP contribution in [0.25, 0.3) is 34.1 Å². The largest absolute Gasteiger partial charge is 0.478 e. The molecule has 0 bridgehead atoms. The predicted octanol–water partition coefficient (Wildman–Crippen LogP) is 3.86. The van der Waals surface area contributed by atoms with Crippen LogP contribution < -0.4 is 0 Å². The molecular weight excluding hydrogens is 374 g/mol. The van der Waals surface area contributed by atoms with Gasteiger partial charge in [0.25, 0.3) is 0 Å². The first-order valence-corrected chi connectivity index (χ1v) is 8.46. The van der Waals surface area contributed by atoms with Crippen molar-refractivity contribution in [3.8, 4) is 34.1 Å². The van der Waals surface area contributed by atoms with Crippen LogP contribution in [-0.4, -0.2) is 37.1 Å². The van der Waals surface area contributed by atoms with E-state index in [4.69, 9.17) is 4.42 Å². The summed E-state index contributed by atoms with van der Waals surface area (Å²) in [6.45, 7) is 0. The molecule has 0 saturated heterocycles. The van der Waals surface area contributed by atoms with E-state index in [1.807, 2.05) is 0 Å². The zero-order chi connectivity index (χ0) is 20.4. The Bertz CT molecular complexity index is 1140. The van der Waals surface area contributed by atoms with E-state index in [0.717, 1.165) is 0 Å². The molecule has 0 aliphatic rings. The molecule has 0 amide bonds. The van der Waals surface area contributed by atoms with Crippen molar-refractivity contribution in [1.82, 2.24) is 15.0 Å². The molecule has 0 aromatic carbocycles. The van der Waals surface area contributed by atoms with Crippen LogP contribution in [0.2, 0.25) is 0 Å². The molecule has 8 nitrogen and oxygen atoms in total. The SMILES string of the molecule is O=C(O)c1ccnc(-c2cc(-c3ccco3)cc(-c3cc(C(=O)O)ccn3)n2)c1. The van der Waals surface area contributed by atoms with Gasteiger partial charge in [-0.25, -0.2) is 14.6 Å². The van der Waals surface area contributed by atoms with Gasteiger partial charge in [0, 0.05) is 18.0 Å². The third-order valence-corrected chi connectivity index (χ3v) is 4.17. The quantitative estimate of drug-likeness (QED) is 0.528. The van der Waals surface area contributed by atoms with Crippen molar-refractivity contribution >= 4 is 11.9 Å². The Labute approximate surface area is 164 Å². The summed E-state index contributed by atoms with van der Waals surface area (Å²) in [5, 5.41) is 18.5. The highest BCUT2D eigenvalue weighted by atomic mass is 16.4. The Balaban J connectivity index is 1.91. The molecule has 4 aromatic rings. The van der Waals surface area contributed by atoms with E-state index in [-0.39, 0.29) is 11.1 Å². The van der Waals surface area contributed by atoms with Gasteiger partial charge >= 0.3 is 11.9 Å². The molecule has 0 saturated carbocycles. The number of hydrogen-bond donors (Lipinski definition) is 2. The number of carboxylic acids is 2. The highest BCUT2D eigenvalue weighted by molar-refractivity contribution is 5.89. The van der Waals surface area contributed by atoms with Crippen molar-refractivity contribution in [3.63, 3.8) is 0 Å². The van der Waals surface area contributed by atoms with Crippen molar-refractivity contribution in [3.05, 3.63) is 78.3 Å². The van der Waals surface area contributed by atoms with Gasteiger partial charge in [-0.05, 0) is 48.5 Å². The van der Waals surface area contributed by atoms with Gasteiger partial charge in [-0.2, -0.15) is 0 Å². The van der Waals surface area contributed by atoms with Gasteiger partial charge < -0.3 is 14.6 Å². The first-order chi connectivity index (χ1) is 14.0. The van der Waals surface area contributed by atoms with Crippen molar-refractivity contribution in [2.75, 3.05) is 0 Å². The summed E-state index contributed by atoms with van der Waals surface area (Å²) in [5.41, 5.74) is 2.34. The highest BCUT2D eigenvalue weighted by Crippen LogP contribution is 2.29. The van der Waals surface area contributed by atoms with Crippen LogP contribution in [0.15, 0.2) is 71.6 Å². The smallest absolute Gasteiger partial charge is 0.335 e. The Morgan fingerprint density at radius 3 is 1.76 bits per heavy atom. The fourth-order valence-corrected chi connectivity index (χ4v) is 2.79. The molecule has 4 rings (SSSR count). The number of carboxylic acid groups (broad SMARTS) is 2. The summed E-state index contributed by atoms with van der Waals surface area (Å²) in [7, 11) is 0. The lowest BCUT2D eigenvalue weighted by Crippen LogP contribution is -2.00. The van der Waals surface area contributed by atoms with Gasteiger partial charge in [-0.3, -0.25) is 9.97 Å². The summed E-state index contributed by atoms with van der Waals surface area (Å²) >= 11 is 0. The second-order valence-electron chi connectivity index (χ2n) is 6.07. The summed E-state index contributed by atoms with van der Waals surface area (Å²) in [5.74, 6) is -1.59. The third kappa shape index (κ3) is 3.72. The summed E-state index contributed by atoms with van der Waals surface area (Å²) in [6.07, 6.45) is 4.31. The topological polar surface area (TPSA) is 126 Å². The molecule has 0 aliphatic carbocycles. The Hall–Kier alpha value is -4.33. The van der Waals surface area contributed by atoms with Crippen LogP contribution in [0.1, 0.15) is 20.7 Å². The van der Waals surface area contributed by atoms with Crippen LogP contribution in [0.4, 0.5) is 0 Å². The predicted molar refractivity (Wildman–Crippen MR) is 102 cm³/mol. The van der Waals surface area contributed by atoms with Crippen LogP contribution in [0.3, 0.4) is 0 Å². The number of nitrogens with zero attached hydrogens (tertiary/aromatic N) is 3. The van der Waals surface area contributed by atoms with E-state index < -0.39 is 11.9 Å². The van der Waals surface area contributed by atoms with E-state index in [0.29, 0.717) is 34.1 Å². The molecule has 0 fully saturated rings. The number of rotatable bonds is 5. The molecule has 0 spiro atoms. The monoisotopic (exact) mass is 387 g/mol. The lowest BCUT2D eigenvalue weighted by Gasteiger charge is -2.08. The molecule has 4 heterocycles. The van der Waals surface area contributed by atoms with Gasteiger partial charge in [0.15, 0.2) is 0 Å². The minimum absolute atomic E-state index is 0.0766. The van der Waals surface area contributed by atoms with Crippen LogP contribution in [0, 0.1) is 0 Å². The molecule has 8 heteroatoms. The van der Waals surface area contributed by atoms with E-state index in [9.17, 15) is 19.8 Å². The van der Waals surface area contributed by atoms with Gasteiger partial charge in [0.05, 0.1) is 40.2 Å². The molecule has 4 aromatic heterocycles. The minimum Gasteiger partial charge on any atom is -0.478 e. The molecule has 142 valence electrons. The average Bonchev–Trinajstić information content (AvgIpc) is 3.28. The Morgan fingerprint density at radius 2 is 1.31 bits per heavy atom. The summed E-state index contributed by atoms with van der Waals surface area (Å²) in [6, 6.07) is 12.6. The summed E-state index contributed by atoms with van der Waals surface area (Å²) in [4.78, 5) is 35.6. The van der Waals surface area contributed by atoms with E-state index in [1.165, 1.54) is 42.9 Å². The van der Waals surface area contributed by atoms with Crippen LogP contribution in [-0.2, 0) is 0 Å². The van der Waals surface area contributed by atoms with Gasteiger partial charge in [-0.15, -0.1) is 0 Å². The first kappa shape index (κ1) is 18.1. The van der Waals surface area contributed by atoms with Crippen LogP contribution >= 0.6 is 0 Å². The molecule has 0 atom stereocenters. The number of aromatic nitrogens is 3. The minimum atomic E-state index is -1.08. The zero-order valence-electron chi connectivity index (χ0n) is 14.8. The normalized spacial score (nSPS) is 10.6. The first-order valence-electron chi connectivity index (χ1n) is 8.46. The fourth-order valence-electron chi connectivity index (χ4n) is 2.79. The van der Waals surface area contributed by atoms with Gasteiger partial charge in [0.1, 0.15) is 5.76 Å². The van der Waals surface area contributed by atoms with Crippen molar-refractivity contribution in [2.45, 2.75) is 0 Å². The molecule has 2 N–H and O–H groups in total. The fraction of sp³-hybridized carbons (Fsp3) is 0. The molecular formula is C21H13N3O5.